The van der Waals surface area contributed by atoms with Crippen LogP contribution in [0.2, 0.25) is 0 Å². The molecule has 5 nitrogen and oxygen atoms in total. The summed E-state index contributed by atoms with van der Waals surface area (Å²) in [6.45, 7) is 0. The summed E-state index contributed by atoms with van der Waals surface area (Å²) in [6, 6.07) is 0. The molecule has 0 aromatic carbocycles. The molecule has 0 fully saturated rings. The lowest BCUT2D eigenvalue weighted by molar-refractivity contribution is -0.113. The fourth-order valence-corrected chi connectivity index (χ4v) is 0.301. The van der Waals surface area contributed by atoms with Gasteiger partial charge in [0.05, 0.1) is 6.21 Å². The van der Waals surface area contributed by atoms with Crippen molar-refractivity contribution in [2.45, 2.75) is 6.17 Å². The van der Waals surface area contributed by atoms with Crippen LogP contribution < -0.4 is 5.73 Å². The second-order valence-electron chi connectivity index (χ2n) is 1.30. The Morgan fingerprint density at radius 1 is 1.75 bits per heavy atom. The smallest absolute Gasteiger partial charge is 0.216 e. The lowest BCUT2D eigenvalue weighted by Gasteiger charge is -1.98. The van der Waals surface area contributed by atoms with Gasteiger partial charge in [-0.05, 0) is 5.22 Å². The maximum atomic E-state index is 10.4. The van der Waals surface area contributed by atoms with Crippen LogP contribution in [0.1, 0.15) is 0 Å². The molecule has 8 heavy (non-hydrogen) atoms. The van der Waals surface area contributed by atoms with E-state index in [1.54, 1.807) is 0 Å². The fraction of sp³-hybridized carbons (Fsp3) is 0.333. The predicted molar refractivity (Wildman–Crippen MR) is 26.3 cm³/mol. The molecular formula is C3H4N4O. The minimum absolute atomic E-state index is 0.306. The quantitative estimate of drug-likeness (QED) is 0.449. The number of hydrogen-bond donors (Lipinski definition) is 1. The van der Waals surface area contributed by atoms with Crippen LogP contribution in [0.15, 0.2) is 15.4 Å². The van der Waals surface area contributed by atoms with Gasteiger partial charge in [-0.25, -0.2) is 0 Å². The van der Waals surface area contributed by atoms with E-state index in [0.29, 0.717) is 0 Å². The first-order valence-electron chi connectivity index (χ1n) is 2.03. The highest BCUT2D eigenvalue weighted by molar-refractivity contribution is 6.29. The molecule has 0 saturated heterocycles. The molecule has 0 aromatic heterocycles. The molecule has 0 amide bonds. The van der Waals surface area contributed by atoms with Crippen molar-refractivity contribution in [2.24, 2.45) is 21.2 Å². The van der Waals surface area contributed by atoms with Crippen LogP contribution in [0.3, 0.4) is 0 Å². The van der Waals surface area contributed by atoms with E-state index < -0.39 is 6.17 Å². The Morgan fingerprint density at radius 2 is 2.50 bits per heavy atom. The lowest BCUT2D eigenvalue weighted by Crippen LogP contribution is -2.29. The van der Waals surface area contributed by atoms with E-state index in [1.165, 1.54) is 0 Å². The van der Waals surface area contributed by atoms with Gasteiger partial charge in [0.15, 0.2) is 6.17 Å². The summed E-state index contributed by atoms with van der Waals surface area (Å²) in [5, 5.41) is 9.64. The second-order valence-corrected chi connectivity index (χ2v) is 1.30. The van der Waals surface area contributed by atoms with Gasteiger partial charge in [0.25, 0.3) is 0 Å². The van der Waals surface area contributed by atoms with Crippen LogP contribution in [0.4, 0.5) is 0 Å². The van der Waals surface area contributed by atoms with Gasteiger partial charge in [0, 0.05) is 0 Å². The number of carbonyl (C=O) groups is 1. The zero-order valence-electron chi connectivity index (χ0n) is 3.98. The van der Waals surface area contributed by atoms with Crippen molar-refractivity contribution in [3.63, 3.8) is 0 Å². The molecule has 1 atom stereocenters. The molecule has 0 spiro atoms. The zero-order chi connectivity index (χ0) is 5.98. The largest absolute Gasteiger partial charge is 0.301 e. The number of rotatable bonds is 0. The van der Waals surface area contributed by atoms with Gasteiger partial charge in [-0.2, -0.15) is 0 Å². The Bertz CT molecular complexity index is 161. The summed E-state index contributed by atoms with van der Waals surface area (Å²) in [5.41, 5.74) is 5.08. The molecule has 1 rings (SSSR count). The Balaban J connectivity index is 2.74. The summed E-state index contributed by atoms with van der Waals surface area (Å²) in [7, 11) is 0. The average Bonchev–Trinajstić information content (AvgIpc) is 1.77. The summed E-state index contributed by atoms with van der Waals surface area (Å²) in [5.74, 6) is -0.306. The Hall–Kier alpha value is -1.10. The predicted octanol–water partition coefficient (Wildman–Crippen LogP) is -0.708. The first-order chi connectivity index (χ1) is 3.80. The van der Waals surface area contributed by atoms with E-state index in [-0.39, 0.29) is 5.78 Å². The Kier molecular flexibility index (Phi) is 1.13. The van der Waals surface area contributed by atoms with E-state index >= 15 is 0 Å². The third-order valence-electron chi connectivity index (χ3n) is 0.704. The van der Waals surface area contributed by atoms with Crippen molar-refractivity contribution in [3.05, 3.63) is 0 Å². The number of nitrogens with zero attached hydrogens (tertiary/aromatic N) is 3. The first kappa shape index (κ1) is 5.04. The summed E-state index contributed by atoms with van der Waals surface area (Å²) in [6.07, 6.45) is 0.227. The number of ketones is 1. The minimum atomic E-state index is -0.826. The molecule has 1 aliphatic heterocycles. The molecule has 1 heterocycles. The average molecular weight is 112 g/mol. The number of Topliss-reactive ketones (excluding diaryl/α,β-unsaturated/α-hetero) is 1. The van der Waals surface area contributed by atoms with E-state index in [0.717, 1.165) is 6.21 Å². The van der Waals surface area contributed by atoms with Crippen molar-refractivity contribution < 1.29 is 4.79 Å². The van der Waals surface area contributed by atoms with E-state index in [4.69, 9.17) is 5.73 Å². The Labute approximate surface area is 45.3 Å². The highest BCUT2D eigenvalue weighted by Gasteiger charge is 2.11. The molecule has 1 aliphatic rings. The molecule has 0 bridgehead atoms. The highest BCUT2D eigenvalue weighted by atomic mass is 16.1. The number of nitrogens with two attached hydrogens (primary N) is 1. The van der Waals surface area contributed by atoms with E-state index in [1.807, 2.05) is 0 Å². The van der Waals surface area contributed by atoms with Crippen molar-refractivity contribution in [3.8, 4) is 0 Å². The maximum absolute atomic E-state index is 10.4. The van der Waals surface area contributed by atoms with Gasteiger partial charge in [-0.15, -0.1) is 10.2 Å². The fourth-order valence-electron chi connectivity index (χ4n) is 0.301. The van der Waals surface area contributed by atoms with Crippen LogP contribution in [0.5, 0.6) is 0 Å². The van der Waals surface area contributed by atoms with Crippen molar-refractivity contribution in [2.75, 3.05) is 0 Å². The topological polar surface area (TPSA) is 80.2 Å². The standard InChI is InChI=1S/C3H4N4O/c4-3-2(8)1-5-7-6-3/h1,3H,4H2. The van der Waals surface area contributed by atoms with Gasteiger partial charge in [-0.1, -0.05) is 0 Å². The van der Waals surface area contributed by atoms with Gasteiger partial charge in [-0.3, -0.25) is 4.79 Å². The van der Waals surface area contributed by atoms with Crippen LogP contribution in [0, 0.1) is 0 Å². The molecule has 0 saturated carbocycles. The third-order valence-corrected chi connectivity index (χ3v) is 0.704. The first-order valence-corrected chi connectivity index (χ1v) is 2.03. The van der Waals surface area contributed by atoms with Crippen molar-refractivity contribution >= 4 is 12.0 Å². The van der Waals surface area contributed by atoms with Crippen LogP contribution in [-0.2, 0) is 4.79 Å². The van der Waals surface area contributed by atoms with Gasteiger partial charge in [0.1, 0.15) is 0 Å². The molecule has 42 valence electrons. The normalized spacial score (nSPS) is 26.6. The summed E-state index contributed by atoms with van der Waals surface area (Å²) >= 11 is 0. The van der Waals surface area contributed by atoms with E-state index in [9.17, 15) is 4.79 Å². The highest BCUT2D eigenvalue weighted by Crippen LogP contribution is 1.90. The van der Waals surface area contributed by atoms with Crippen molar-refractivity contribution in [1.82, 2.24) is 0 Å². The monoisotopic (exact) mass is 112 g/mol. The van der Waals surface area contributed by atoms with Gasteiger partial charge in [0.2, 0.25) is 5.78 Å². The number of carbonyl (C=O) groups excluding carboxylic acids is 1. The number of hydrogen-bond acceptors (Lipinski definition) is 5. The van der Waals surface area contributed by atoms with E-state index in [2.05, 4.69) is 15.4 Å². The zero-order valence-corrected chi connectivity index (χ0v) is 3.98. The summed E-state index contributed by atoms with van der Waals surface area (Å²) in [4.78, 5) is 10.4. The maximum Gasteiger partial charge on any atom is 0.216 e. The SMILES string of the molecule is NC1N=NN=CC1=O. The van der Waals surface area contributed by atoms with Gasteiger partial charge < -0.3 is 5.73 Å². The van der Waals surface area contributed by atoms with Crippen molar-refractivity contribution in [1.29, 1.82) is 0 Å². The second kappa shape index (κ2) is 1.79. The van der Waals surface area contributed by atoms with Crippen LogP contribution >= 0.6 is 0 Å². The third kappa shape index (κ3) is 0.760. The minimum Gasteiger partial charge on any atom is -0.301 e. The van der Waals surface area contributed by atoms with Crippen LogP contribution in [0.25, 0.3) is 0 Å². The van der Waals surface area contributed by atoms with Crippen LogP contribution in [-0.4, -0.2) is 18.2 Å². The molecule has 2 N–H and O–H groups in total. The molecule has 0 aromatic rings. The molecule has 1 unspecified atom stereocenters. The molecular weight excluding hydrogens is 108 g/mol. The molecule has 5 heteroatoms. The molecule has 0 radical (unpaired) electrons. The molecule has 0 aliphatic carbocycles. The summed E-state index contributed by atoms with van der Waals surface area (Å²) < 4.78 is 0. The lowest BCUT2D eigenvalue weighted by atomic mass is 10.3. The Morgan fingerprint density at radius 3 is 2.88 bits per heavy atom. The van der Waals surface area contributed by atoms with Gasteiger partial charge >= 0.3 is 0 Å².